The number of aromatic nitrogens is 2. The highest BCUT2D eigenvalue weighted by atomic mass is 19.1. The van der Waals surface area contributed by atoms with Crippen LogP contribution in [-0.2, 0) is 12.1 Å². The summed E-state index contributed by atoms with van der Waals surface area (Å²) in [5.74, 6) is 0.781. The van der Waals surface area contributed by atoms with Gasteiger partial charge in [-0.1, -0.05) is 12.1 Å². The van der Waals surface area contributed by atoms with Crippen molar-refractivity contribution in [1.82, 2.24) is 14.7 Å². The lowest BCUT2D eigenvalue weighted by Crippen LogP contribution is -2.32. The zero-order valence-electron chi connectivity index (χ0n) is 16.0. The lowest BCUT2D eigenvalue weighted by molar-refractivity contribution is 0.0769. The Morgan fingerprint density at radius 1 is 1.35 bits per heavy atom. The van der Waals surface area contributed by atoms with E-state index in [9.17, 15) is 9.50 Å². The van der Waals surface area contributed by atoms with Gasteiger partial charge in [-0.15, -0.1) is 0 Å². The van der Waals surface area contributed by atoms with E-state index >= 15 is 0 Å². The second-order valence-electron chi connectivity index (χ2n) is 8.12. The Labute approximate surface area is 154 Å². The molecule has 26 heavy (non-hydrogen) atoms. The zero-order chi connectivity index (χ0) is 18.9. The lowest BCUT2D eigenvalue weighted by atomic mass is 10.1. The fourth-order valence-electron chi connectivity index (χ4n) is 3.30. The summed E-state index contributed by atoms with van der Waals surface area (Å²) in [5.41, 5.74) is 1.28. The van der Waals surface area contributed by atoms with Gasteiger partial charge in [-0.05, 0) is 39.3 Å². The highest BCUT2D eigenvalue weighted by Crippen LogP contribution is 2.31. The van der Waals surface area contributed by atoms with Gasteiger partial charge in [-0.3, -0.25) is 9.58 Å². The van der Waals surface area contributed by atoms with Crippen LogP contribution in [0.25, 0.3) is 11.3 Å². The summed E-state index contributed by atoms with van der Waals surface area (Å²) in [7, 11) is 1.65. The molecule has 5 nitrogen and oxygen atoms in total. The number of ether oxygens (including phenoxy) is 1. The van der Waals surface area contributed by atoms with Crippen LogP contribution in [0.15, 0.2) is 30.5 Å². The second-order valence-corrected chi connectivity index (χ2v) is 8.12. The summed E-state index contributed by atoms with van der Waals surface area (Å²) in [6.07, 6.45) is 2.41. The summed E-state index contributed by atoms with van der Waals surface area (Å²) in [5, 5.41) is 14.1. The number of aliphatic hydroxyl groups is 1. The standard InChI is InChI=1S/C20H28FN3O2/c1-19(2,3)24-12-16(11-23-9-8-20(21,13-23)14-25)18(22-24)15-6-5-7-17(10-15)26-4/h5-7,10,12,25H,8-9,11,13-14H2,1-4H3. The van der Waals surface area contributed by atoms with Crippen LogP contribution in [0.3, 0.4) is 0 Å². The Hall–Kier alpha value is -1.92. The van der Waals surface area contributed by atoms with Crippen molar-refractivity contribution in [3.63, 3.8) is 0 Å². The first-order valence-electron chi connectivity index (χ1n) is 9.00. The van der Waals surface area contributed by atoms with Crippen LogP contribution in [0.4, 0.5) is 4.39 Å². The molecule has 1 aromatic carbocycles. The summed E-state index contributed by atoms with van der Waals surface area (Å²) in [6.45, 7) is 7.38. The van der Waals surface area contributed by atoms with E-state index in [-0.39, 0.29) is 12.1 Å². The minimum Gasteiger partial charge on any atom is -0.497 e. The molecule has 0 bridgehead atoms. The van der Waals surface area contributed by atoms with Crippen molar-refractivity contribution < 1.29 is 14.2 Å². The van der Waals surface area contributed by atoms with E-state index in [0.29, 0.717) is 19.5 Å². The summed E-state index contributed by atoms with van der Waals surface area (Å²) in [6, 6.07) is 7.83. The smallest absolute Gasteiger partial charge is 0.147 e. The quantitative estimate of drug-likeness (QED) is 0.888. The second kappa shape index (κ2) is 7.00. The monoisotopic (exact) mass is 361 g/mol. The van der Waals surface area contributed by atoms with Gasteiger partial charge in [-0.2, -0.15) is 5.10 Å². The number of benzene rings is 1. The summed E-state index contributed by atoms with van der Waals surface area (Å²) >= 11 is 0. The third kappa shape index (κ3) is 3.91. The van der Waals surface area contributed by atoms with Crippen molar-refractivity contribution in [3.8, 4) is 17.0 Å². The number of rotatable bonds is 5. The number of alkyl halides is 1. The first-order chi connectivity index (χ1) is 12.2. The van der Waals surface area contributed by atoms with Gasteiger partial charge in [-0.25, -0.2) is 4.39 Å². The molecule has 1 aromatic heterocycles. The number of nitrogens with zero attached hydrogens (tertiary/aromatic N) is 3. The van der Waals surface area contributed by atoms with Crippen LogP contribution < -0.4 is 4.74 Å². The van der Waals surface area contributed by atoms with E-state index in [0.717, 1.165) is 22.6 Å². The topological polar surface area (TPSA) is 50.5 Å². The first kappa shape index (κ1) is 18.9. The van der Waals surface area contributed by atoms with Gasteiger partial charge in [0, 0.05) is 37.0 Å². The maximum Gasteiger partial charge on any atom is 0.147 e. The van der Waals surface area contributed by atoms with Gasteiger partial charge in [0.05, 0.1) is 24.9 Å². The van der Waals surface area contributed by atoms with Gasteiger partial charge in [0.2, 0.25) is 0 Å². The van der Waals surface area contributed by atoms with Crippen molar-refractivity contribution >= 4 is 0 Å². The molecule has 2 aromatic rings. The van der Waals surface area contributed by atoms with E-state index in [1.54, 1.807) is 7.11 Å². The van der Waals surface area contributed by atoms with E-state index < -0.39 is 12.3 Å². The van der Waals surface area contributed by atoms with Crippen molar-refractivity contribution in [3.05, 3.63) is 36.0 Å². The molecular formula is C20H28FN3O2. The predicted octanol–water partition coefficient (Wildman–Crippen LogP) is 3.22. The van der Waals surface area contributed by atoms with Crippen molar-refractivity contribution in [2.24, 2.45) is 0 Å². The van der Waals surface area contributed by atoms with E-state index in [4.69, 9.17) is 9.84 Å². The maximum absolute atomic E-state index is 14.4. The molecule has 1 unspecified atom stereocenters. The van der Waals surface area contributed by atoms with Crippen molar-refractivity contribution in [2.75, 3.05) is 26.8 Å². The lowest BCUT2D eigenvalue weighted by Gasteiger charge is -2.19. The number of likely N-dealkylation sites (tertiary alicyclic amines) is 1. The number of aliphatic hydroxyl groups excluding tert-OH is 1. The van der Waals surface area contributed by atoms with Gasteiger partial charge in [0.15, 0.2) is 0 Å². The Kier molecular flexibility index (Phi) is 5.08. The number of hydrogen-bond donors (Lipinski definition) is 1. The van der Waals surface area contributed by atoms with Crippen molar-refractivity contribution in [1.29, 1.82) is 0 Å². The zero-order valence-corrected chi connectivity index (χ0v) is 16.0. The number of methoxy groups -OCH3 is 1. The van der Waals surface area contributed by atoms with E-state index in [2.05, 4.69) is 20.8 Å². The van der Waals surface area contributed by atoms with Crippen LogP contribution in [0, 0.1) is 0 Å². The fourth-order valence-corrected chi connectivity index (χ4v) is 3.30. The largest absolute Gasteiger partial charge is 0.497 e. The molecule has 1 aliphatic heterocycles. The molecule has 142 valence electrons. The molecule has 6 heteroatoms. The Morgan fingerprint density at radius 2 is 2.12 bits per heavy atom. The first-order valence-corrected chi connectivity index (χ1v) is 9.00. The maximum atomic E-state index is 14.4. The van der Waals surface area contributed by atoms with E-state index in [1.165, 1.54) is 0 Å². The van der Waals surface area contributed by atoms with Gasteiger partial charge in [0.1, 0.15) is 11.4 Å². The summed E-state index contributed by atoms with van der Waals surface area (Å²) < 4.78 is 21.7. The molecule has 0 aliphatic carbocycles. The molecular weight excluding hydrogens is 333 g/mol. The highest BCUT2D eigenvalue weighted by molar-refractivity contribution is 5.64. The van der Waals surface area contributed by atoms with Crippen LogP contribution in [-0.4, -0.2) is 52.3 Å². The molecule has 0 radical (unpaired) electrons. The Balaban J connectivity index is 1.94. The fraction of sp³-hybridized carbons (Fsp3) is 0.550. The molecule has 0 spiro atoms. The van der Waals surface area contributed by atoms with Gasteiger partial charge >= 0.3 is 0 Å². The molecule has 0 amide bonds. The normalized spacial score (nSPS) is 21.3. The van der Waals surface area contributed by atoms with Crippen LogP contribution in [0.2, 0.25) is 0 Å². The van der Waals surface area contributed by atoms with Gasteiger partial charge in [0.25, 0.3) is 0 Å². The molecule has 1 fully saturated rings. The number of halogens is 1. The minimum absolute atomic E-state index is 0.147. The molecule has 1 N–H and O–H groups in total. The molecule has 2 heterocycles. The number of hydrogen-bond acceptors (Lipinski definition) is 4. The minimum atomic E-state index is -1.49. The third-order valence-corrected chi connectivity index (χ3v) is 4.88. The molecule has 0 saturated carbocycles. The van der Waals surface area contributed by atoms with Crippen LogP contribution in [0.1, 0.15) is 32.8 Å². The summed E-state index contributed by atoms with van der Waals surface area (Å²) in [4.78, 5) is 2.05. The molecule has 1 aliphatic rings. The highest BCUT2D eigenvalue weighted by Gasteiger charge is 2.38. The third-order valence-electron chi connectivity index (χ3n) is 4.88. The van der Waals surface area contributed by atoms with Crippen LogP contribution in [0.5, 0.6) is 5.75 Å². The average molecular weight is 361 g/mol. The predicted molar refractivity (Wildman–Crippen MR) is 100 cm³/mol. The average Bonchev–Trinajstić information content (AvgIpc) is 3.20. The van der Waals surface area contributed by atoms with Crippen molar-refractivity contribution in [2.45, 2.75) is 44.9 Å². The molecule has 3 rings (SSSR count). The Bertz CT molecular complexity index is 769. The Morgan fingerprint density at radius 3 is 2.73 bits per heavy atom. The molecule has 1 atom stereocenters. The van der Waals surface area contributed by atoms with Gasteiger partial charge < -0.3 is 9.84 Å². The van der Waals surface area contributed by atoms with E-state index in [1.807, 2.05) is 40.0 Å². The van der Waals surface area contributed by atoms with Crippen LogP contribution >= 0.6 is 0 Å². The SMILES string of the molecule is COc1cccc(-c2nn(C(C)(C)C)cc2CN2CCC(F)(CO)C2)c1. The molecule has 1 saturated heterocycles.